The van der Waals surface area contributed by atoms with Gasteiger partial charge in [-0.3, -0.25) is 14.4 Å². The molecular weight excluding hydrogens is 544 g/mol. The van der Waals surface area contributed by atoms with E-state index in [0.29, 0.717) is 25.4 Å². The first-order valence-electron chi connectivity index (χ1n) is 15.0. The van der Waals surface area contributed by atoms with Crippen molar-refractivity contribution in [2.24, 2.45) is 0 Å². The van der Waals surface area contributed by atoms with Crippen LogP contribution < -0.4 is 16.0 Å². The summed E-state index contributed by atoms with van der Waals surface area (Å²) < 4.78 is 33.0. The van der Waals surface area contributed by atoms with E-state index in [1.165, 1.54) is 9.80 Å². The van der Waals surface area contributed by atoms with Gasteiger partial charge in [0.1, 0.15) is 30.5 Å². The average Bonchev–Trinajstić information content (AvgIpc) is 3.61. The van der Waals surface area contributed by atoms with Gasteiger partial charge in [-0.1, -0.05) is 12.8 Å². The fraction of sp³-hybridized carbons (Fsp3) is 0.889. The van der Waals surface area contributed by atoms with E-state index in [-0.39, 0.29) is 57.5 Å². The van der Waals surface area contributed by atoms with Crippen LogP contribution in [0.2, 0.25) is 0 Å². The van der Waals surface area contributed by atoms with Gasteiger partial charge in [-0.15, -0.1) is 0 Å². The van der Waals surface area contributed by atoms with E-state index in [4.69, 9.17) is 4.74 Å². The summed E-state index contributed by atoms with van der Waals surface area (Å²) in [6, 6.07) is -0.991. The minimum atomic E-state index is -2.67. The summed E-state index contributed by atoms with van der Waals surface area (Å²) in [6.07, 6.45) is -2.89. The molecule has 2 saturated carbocycles. The van der Waals surface area contributed by atoms with Crippen LogP contribution in [0.4, 0.5) is 8.78 Å². The first-order chi connectivity index (χ1) is 19.5. The molecule has 5 rings (SSSR count). The highest BCUT2D eigenvalue weighted by Crippen LogP contribution is 2.34. The number of alkyl halides is 2. The van der Waals surface area contributed by atoms with E-state index in [1.807, 2.05) is 0 Å². The third-order valence-electron chi connectivity index (χ3n) is 9.35. The van der Waals surface area contributed by atoms with Crippen LogP contribution in [0.25, 0.3) is 0 Å². The summed E-state index contributed by atoms with van der Waals surface area (Å²) in [4.78, 5) is 43.3. The van der Waals surface area contributed by atoms with E-state index >= 15 is 0 Å². The predicted octanol–water partition coefficient (Wildman–Crippen LogP) is -1.54. The number of aliphatic hydroxyl groups excluding tert-OH is 3. The number of hydrogen-bond acceptors (Lipinski definition) is 9. The number of aliphatic hydroxyl groups is 3. The molecule has 41 heavy (non-hydrogen) atoms. The standard InChI is InChI=1S/C27H43F2N5O7/c28-27(29)7-5-16(6-8-27)32-17-11-18-25(39)31-12-19-21(36)22(37)23(38)24(41-19)26(40)33(14-20(35)34(18)13-17)10-9-30-15-3-1-2-4-15/h15-19,21-24,30,32,36-38H,1-14H2,(H,31,39)/t17-,18-,19-,21-,22+,23+,24-/m0/s1. The van der Waals surface area contributed by atoms with E-state index in [1.54, 1.807) is 0 Å². The zero-order valence-electron chi connectivity index (χ0n) is 23.2. The lowest BCUT2D eigenvalue weighted by atomic mass is 9.91. The van der Waals surface area contributed by atoms with Crippen LogP contribution in [0, 0.1) is 0 Å². The van der Waals surface area contributed by atoms with E-state index in [2.05, 4.69) is 16.0 Å². The molecule has 2 bridgehead atoms. The van der Waals surface area contributed by atoms with Crippen molar-refractivity contribution in [3.63, 3.8) is 0 Å². The summed E-state index contributed by atoms with van der Waals surface area (Å²) >= 11 is 0. The van der Waals surface area contributed by atoms with Crippen LogP contribution in [-0.4, -0.2) is 136 Å². The Balaban J connectivity index is 1.33. The van der Waals surface area contributed by atoms with Gasteiger partial charge in [0.15, 0.2) is 6.10 Å². The third kappa shape index (κ3) is 6.99. The number of ether oxygens (including phenoxy) is 1. The number of amides is 3. The molecule has 0 spiro atoms. The Labute approximate surface area is 238 Å². The molecular formula is C27H43F2N5O7. The smallest absolute Gasteiger partial charge is 0.255 e. The highest BCUT2D eigenvalue weighted by atomic mass is 19.3. The van der Waals surface area contributed by atoms with Crippen molar-refractivity contribution in [2.45, 2.75) is 118 Å². The second kappa shape index (κ2) is 12.7. The predicted molar refractivity (Wildman–Crippen MR) is 141 cm³/mol. The minimum Gasteiger partial charge on any atom is -0.388 e. The number of rotatable bonds is 6. The highest BCUT2D eigenvalue weighted by Gasteiger charge is 2.49. The quantitative estimate of drug-likeness (QED) is 0.216. The van der Waals surface area contributed by atoms with Crippen LogP contribution in [0.1, 0.15) is 57.8 Å². The zero-order chi connectivity index (χ0) is 29.3. The highest BCUT2D eigenvalue weighted by molar-refractivity contribution is 5.92. The maximum Gasteiger partial charge on any atom is 0.255 e. The lowest BCUT2D eigenvalue weighted by molar-refractivity contribution is -0.223. The van der Waals surface area contributed by atoms with Crippen molar-refractivity contribution in [1.82, 2.24) is 25.8 Å². The molecule has 3 aliphatic heterocycles. The van der Waals surface area contributed by atoms with Crippen LogP contribution in [0.15, 0.2) is 0 Å². The summed E-state index contributed by atoms with van der Waals surface area (Å²) in [7, 11) is 0. The summed E-state index contributed by atoms with van der Waals surface area (Å²) in [5.41, 5.74) is 0. The van der Waals surface area contributed by atoms with Gasteiger partial charge >= 0.3 is 0 Å². The summed E-state index contributed by atoms with van der Waals surface area (Å²) in [5, 5.41) is 41.0. The minimum absolute atomic E-state index is 0.139. The topological polar surface area (TPSA) is 164 Å². The Hall–Kier alpha value is -1.97. The number of nitrogens with zero attached hydrogens (tertiary/aromatic N) is 2. The normalized spacial score (nSPS) is 37.5. The van der Waals surface area contributed by atoms with Crippen molar-refractivity contribution in [1.29, 1.82) is 0 Å². The molecule has 0 aromatic carbocycles. The van der Waals surface area contributed by atoms with Gasteiger partial charge in [-0.25, -0.2) is 8.78 Å². The van der Waals surface area contributed by atoms with E-state index < -0.39 is 60.2 Å². The Bertz CT molecular complexity index is 960. The molecule has 0 unspecified atom stereocenters. The molecule has 0 aromatic heterocycles. The number of carbonyl (C=O) groups excluding carboxylic acids is 3. The Morgan fingerprint density at radius 1 is 0.951 bits per heavy atom. The number of hydrogen-bond donors (Lipinski definition) is 6. The molecule has 14 heteroatoms. The molecule has 3 saturated heterocycles. The maximum atomic E-state index is 13.7. The van der Waals surface area contributed by atoms with Gasteiger partial charge in [0.25, 0.3) is 5.91 Å². The Kier molecular flexibility index (Phi) is 9.46. The van der Waals surface area contributed by atoms with E-state index in [0.717, 1.165) is 25.7 Å². The first kappa shape index (κ1) is 30.5. The molecule has 7 atom stereocenters. The van der Waals surface area contributed by atoms with Crippen LogP contribution in [0.3, 0.4) is 0 Å². The number of fused-ring (bicyclic) bond motifs is 3. The van der Waals surface area contributed by atoms with Crippen molar-refractivity contribution < 1.29 is 43.2 Å². The molecule has 0 radical (unpaired) electrons. The molecule has 6 N–H and O–H groups in total. The van der Waals surface area contributed by atoms with Crippen molar-refractivity contribution in [3.8, 4) is 0 Å². The van der Waals surface area contributed by atoms with Gasteiger partial charge in [-0.05, 0) is 32.1 Å². The van der Waals surface area contributed by atoms with Gasteiger partial charge in [-0.2, -0.15) is 0 Å². The second-order valence-corrected chi connectivity index (χ2v) is 12.3. The molecule has 0 aromatic rings. The molecule has 232 valence electrons. The van der Waals surface area contributed by atoms with Crippen molar-refractivity contribution in [3.05, 3.63) is 0 Å². The number of halogens is 2. The monoisotopic (exact) mass is 587 g/mol. The summed E-state index contributed by atoms with van der Waals surface area (Å²) in [5.74, 6) is -4.29. The molecule has 12 nitrogen and oxygen atoms in total. The maximum absolute atomic E-state index is 13.7. The molecule has 5 aliphatic rings. The first-order valence-corrected chi connectivity index (χ1v) is 15.0. The van der Waals surface area contributed by atoms with Gasteiger partial charge in [0.05, 0.1) is 6.54 Å². The largest absolute Gasteiger partial charge is 0.388 e. The zero-order valence-corrected chi connectivity index (χ0v) is 23.2. The van der Waals surface area contributed by atoms with Crippen molar-refractivity contribution >= 4 is 17.7 Å². The summed E-state index contributed by atoms with van der Waals surface area (Å²) in [6.45, 7) is 0.110. The molecule has 3 heterocycles. The van der Waals surface area contributed by atoms with E-state index in [9.17, 15) is 38.5 Å². The fourth-order valence-electron chi connectivity index (χ4n) is 6.90. The SMILES string of the molecule is O=C1NC[C@@H]2O[C@H](C(=O)N(CCNC3CCCC3)CC(=O)N3C[C@@H](NC4CCC(F)(F)CC4)C[C@@H]13)[C@H](O)[C@H](O)[C@H]2O. The van der Waals surface area contributed by atoms with Crippen LogP contribution >= 0.6 is 0 Å². The van der Waals surface area contributed by atoms with Gasteiger partial charge < -0.3 is 45.8 Å². The van der Waals surface area contributed by atoms with Gasteiger partial charge in [0.2, 0.25) is 17.7 Å². The Morgan fingerprint density at radius 3 is 2.37 bits per heavy atom. The lowest BCUT2D eigenvalue weighted by Crippen LogP contribution is -2.65. The van der Waals surface area contributed by atoms with Crippen molar-refractivity contribution in [2.75, 3.05) is 32.7 Å². The average molecular weight is 588 g/mol. The number of carbonyl (C=O) groups is 3. The van der Waals surface area contributed by atoms with Crippen LogP contribution in [0.5, 0.6) is 0 Å². The Morgan fingerprint density at radius 2 is 1.66 bits per heavy atom. The third-order valence-corrected chi connectivity index (χ3v) is 9.35. The fourth-order valence-corrected chi connectivity index (χ4v) is 6.90. The molecule has 5 fully saturated rings. The second-order valence-electron chi connectivity index (χ2n) is 12.3. The van der Waals surface area contributed by atoms with Crippen LogP contribution in [-0.2, 0) is 19.1 Å². The molecule has 2 aliphatic carbocycles. The lowest BCUT2D eigenvalue weighted by Gasteiger charge is -2.42. The molecule has 3 amide bonds. The van der Waals surface area contributed by atoms with Gasteiger partial charge in [0, 0.05) is 57.1 Å². The number of nitrogens with one attached hydrogen (secondary N) is 3.